The van der Waals surface area contributed by atoms with E-state index >= 15 is 0 Å². The molecular formula is C25H24F7N3O5S. The first-order valence-corrected chi connectivity index (χ1v) is 13.6. The molecule has 16 heteroatoms. The molecule has 0 aromatic heterocycles. The normalized spacial score (nSPS) is 22.2. The van der Waals surface area contributed by atoms with Crippen LogP contribution in [-0.4, -0.2) is 67.6 Å². The zero-order valence-electron chi connectivity index (χ0n) is 21.0. The highest BCUT2D eigenvalue weighted by molar-refractivity contribution is 7.92. The van der Waals surface area contributed by atoms with Gasteiger partial charge in [-0.3, -0.25) is 13.9 Å². The van der Waals surface area contributed by atoms with Gasteiger partial charge in [0.1, 0.15) is 18.5 Å². The molecule has 2 aromatic carbocycles. The fourth-order valence-electron chi connectivity index (χ4n) is 5.09. The summed E-state index contributed by atoms with van der Waals surface area (Å²) in [5.41, 5.74) is 0.164. The molecule has 1 unspecified atom stereocenters. The fourth-order valence-corrected chi connectivity index (χ4v) is 6.81. The van der Waals surface area contributed by atoms with E-state index in [0.29, 0.717) is 15.3 Å². The van der Waals surface area contributed by atoms with Crippen LogP contribution in [-0.2, 0) is 31.6 Å². The lowest BCUT2D eigenvalue weighted by molar-refractivity contribution is -0.271. The summed E-state index contributed by atoms with van der Waals surface area (Å²) >= 11 is 0. The summed E-state index contributed by atoms with van der Waals surface area (Å²) in [6.45, 7) is -3.35. The number of amides is 2. The maximum atomic E-state index is 14.0. The number of likely N-dealkylation sites (tertiary alicyclic amines) is 1. The van der Waals surface area contributed by atoms with E-state index in [1.54, 1.807) is 0 Å². The summed E-state index contributed by atoms with van der Waals surface area (Å²) in [5, 5.41) is 10.0. The van der Waals surface area contributed by atoms with Crippen LogP contribution in [0.3, 0.4) is 0 Å². The van der Waals surface area contributed by atoms with Gasteiger partial charge in [-0.1, -0.05) is 12.1 Å². The van der Waals surface area contributed by atoms with Gasteiger partial charge in [-0.2, -0.15) is 13.2 Å². The van der Waals surface area contributed by atoms with E-state index in [1.165, 1.54) is 0 Å². The molecule has 0 spiro atoms. The lowest BCUT2D eigenvalue weighted by Crippen LogP contribution is -2.49. The van der Waals surface area contributed by atoms with Crippen LogP contribution in [0.1, 0.15) is 30.4 Å². The number of hydrogen-bond acceptors (Lipinski definition) is 5. The molecule has 3 atom stereocenters. The van der Waals surface area contributed by atoms with Crippen molar-refractivity contribution in [3.63, 3.8) is 0 Å². The van der Waals surface area contributed by atoms with Crippen LogP contribution in [0.25, 0.3) is 0 Å². The molecule has 3 N–H and O–H groups in total. The minimum absolute atomic E-state index is 0.0456. The van der Waals surface area contributed by atoms with Crippen molar-refractivity contribution >= 4 is 27.5 Å². The van der Waals surface area contributed by atoms with Crippen molar-refractivity contribution < 1.29 is 53.8 Å². The zero-order chi connectivity index (χ0) is 30.5. The molecule has 0 bridgehead atoms. The average Bonchev–Trinajstić information content (AvgIpc) is 3.23. The Balaban J connectivity index is 1.78. The average molecular weight is 612 g/mol. The first-order chi connectivity index (χ1) is 18.9. The number of aliphatic hydroxyl groups is 1. The Morgan fingerprint density at radius 1 is 1.10 bits per heavy atom. The number of rotatable bonds is 7. The molecule has 1 fully saturated rings. The molecule has 0 saturated carbocycles. The second kappa shape index (κ2) is 10.5. The SMILES string of the molecule is NC(=O)[C@@H]1CC(F)(F)CN1C(=O)C[C@@H]1CCc2cc(C(O)(CF)C(F)(F)F)ccc2N1S(=O)(=O)c1ccc(F)cc1. The lowest BCUT2D eigenvalue weighted by atomic mass is 9.88. The topological polar surface area (TPSA) is 121 Å². The van der Waals surface area contributed by atoms with Gasteiger partial charge in [0.2, 0.25) is 17.4 Å². The third-order valence-corrected chi connectivity index (χ3v) is 9.12. The molecule has 8 nitrogen and oxygen atoms in total. The van der Waals surface area contributed by atoms with Gasteiger partial charge < -0.3 is 15.7 Å². The van der Waals surface area contributed by atoms with Gasteiger partial charge in [0.05, 0.1) is 23.2 Å². The van der Waals surface area contributed by atoms with E-state index < -0.39 is 94.0 Å². The van der Waals surface area contributed by atoms with Gasteiger partial charge in [0.15, 0.2) is 0 Å². The summed E-state index contributed by atoms with van der Waals surface area (Å²) in [5.74, 6) is -6.39. The van der Waals surface area contributed by atoms with E-state index in [9.17, 15) is 53.8 Å². The van der Waals surface area contributed by atoms with E-state index in [1.807, 2.05) is 0 Å². The number of alkyl halides is 6. The molecule has 2 aliphatic rings. The standard InChI is InChI=1S/C25H24F7N3O5S/c26-12-24(38,25(30,31)32)15-2-8-19-14(9-15)1-5-17(35(19)41(39,40)18-6-3-16(27)4-7-18)10-21(36)34-13-23(28,29)11-20(34)22(33)37/h2-4,6-9,17,20,38H,1,5,10-13H2,(H2,33,37)/t17-,20-,24?/m0/s1. The molecular weight excluding hydrogens is 587 g/mol. The minimum Gasteiger partial charge on any atom is -0.374 e. The Bertz CT molecular complexity index is 1450. The summed E-state index contributed by atoms with van der Waals surface area (Å²) in [7, 11) is -4.65. The summed E-state index contributed by atoms with van der Waals surface area (Å²) in [6, 6.07) is 3.00. The number of nitrogens with two attached hydrogens (primary N) is 1. The van der Waals surface area contributed by atoms with Gasteiger partial charge in [0.25, 0.3) is 15.9 Å². The number of anilines is 1. The minimum atomic E-state index is -5.41. The fraction of sp³-hybridized carbons (Fsp3) is 0.440. The van der Waals surface area contributed by atoms with Crippen molar-refractivity contribution in [2.75, 3.05) is 17.5 Å². The molecule has 41 heavy (non-hydrogen) atoms. The third kappa shape index (κ3) is 5.58. The molecule has 2 aliphatic heterocycles. The largest absolute Gasteiger partial charge is 0.424 e. The Morgan fingerprint density at radius 3 is 2.29 bits per heavy atom. The van der Waals surface area contributed by atoms with Crippen molar-refractivity contribution in [2.45, 2.75) is 60.4 Å². The number of carbonyl (C=O) groups is 2. The van der Waals surface area contributed by atoms with Crippen molar-refractivity contribution in [3.05, 3.63) is 59.4 Å². The quantitative estimate of drug-likeness (QED) is 0.466. The molecule has 4 rings (SSSR count). The second-order valence-corrected chi connectivity index (χ2v) is 11.8. The number of benzene rings is 2. The predicted octanol–water partition coefficient (Wildman–Crippen LogP) is 3.17. The van der Waals surface area contributed by atoms with Gasteiger partial charge in [-0.05, 0) is 54.3 Å². The third-order valence-electron chi connectivity index (χ3n) is 7.23. The van der Waals surface area contributed by atoms with Crippen molar-refractivity contribution in [1.82, 2.24) is 4.90 Å². The number of carbonyl (C=O) groups excluding carboxylic acids is 2. The van der Waals surface area contributed by atoms with Gasteiger partial charge in [-0.25, -0.2) is 26.0 Å². The highest BCUT2D eigenvalue weighted by Gasteiger charge is 2.56. The number of halogens is 7. The molecule has 2 heterocycles. The number of fused-ring (bicyclic) bond motifs is 1. The smallest absolute Gasteiger partial charge is 0.374 e. The first kappa shape index (κ1) is 30.6. The molecule has 0 radical (unpaired) electrons. The Kier molecular flexibility index (Phi) is 7.79. The number of sulfonamides is 1. The van der Waals surface area contributed by atoms with E-state index in [4.69, 9.17) is 5.73 Å². The maximum absolute atomic E-state index is 14.0. The highest BCUT2D eigenvalue weighted by atomic mass is 32.2. The molecule has 224 valence electrons. The summed E-state index contributed by atoms with van der Waals surface area (Å²) < 4.78 is 124. The van der Waals surface area contributed by atoms with Crippen LogP contribution >= 0.6 is 0 Å². The molecule has 2 aromatic rings. The molecule has 2 amide bonds. The van der Waals surface area contributed by atoms with Crippen LogP contribution in [0.15, 0.2) is 47.4 Å². The summed E-state index contributed by atoms with van der Waals surface area (Å²) in [4.78, 5) is 25.0. The zero-order valence-corrected chi connectivity index (χ0v) is 21.9. The Labute approximate surface area is 229 Å². The highest BCUT2D eigenvalue weighted by Crippen LogP contribution is 2.44. The van der Waals surface area contributed by atoms with Crippen LogP contribution in [0.2, 0.25) is 0 Å². The number of aryl methyl sites for hydroxylation is 1. The van der Waals surface area contributed by atoms with Gasteiger partial charge in [0, 0.05) is 12.8 Å². The predicted molar refractivity (Wildman–Crippen MR) is 129 cm³/mol. The molecule has 0 aliphatic carbocycles. The van der Waals surface area contributed by atoms with E-state index in [-0.39, 0.29) is 24.1 Å². The van der Waals surface area contributed by atoms with E-state index in [0.717, 1.165) is 36.4 Å². The van der Waals surface area contributed by atoms with E-state index in [2.05, 4.69) is 0 Å². The van der Waals surface area contributed by atoms with Crippen molar-refractivity contribution in [1.29, 1.82) is 0 Å². The monoisotopic (exact) mass is 611 g/mol. The Morgan fingerprint density at radius 2 is 1.73 bits per heavy atom. The van der Waals surface area contributed by atoms with Gasteiger partial charge >= 0.3 is 6.18 Å². The summed E-state index contributed by atoms with van der Waals surface area (Å²) in [6.07, 6.45) is -7.49. The van der Waals surface area contributed by atoms with Crippen LogP contribution < -0.4 is 10.0 Å². The van der Waals surface area contributed by atoms with Crippen molar-refractivity contribution in [3.8, 4) is 0 Å². The lowest BCUT2D eigenvalue weighted by Gasteiger charge is -2.39. The van der Waals surface area contributed by atoms with Crippen LogP contribution in [0.4, 0.5) is 36.4 Å². The number of hydrogen-bond donors (Lipinski definition) is 2. The van der Waals surface area contributed by atoms with Gasteiger partial charge in [-0.15, -0.1) is 0 Å². The maximum Gasteiger partial charge on any atom is 0.424 e. The Hall–Kier alpha value is -3.40. The van der Waals surface area contributed by atoms with Crippen LogP contribution in [0, 0.1) is 5.82 Å². The number of primary amides is 1. The van der Waals surface area contributed by atoms with Crippen LogP contribution in [0.5, 0.6) is 0 Å². The van der Waals surface area contributed by atoms with Crippen molar-refractivity contribution in [2.24, 2.45) is 5.73 Å². The number of nitrogens with zero attached hydrogens (tertiary/aromatic N) is 2. The molecule has 1 saturated heterocycles. The first-order valence-electron chi connectivity index (χ1n) is 12.2. The second-order valence-electron chi connectivity index (χ2n) is 9.99.